The van der Waals surface area contributed by atoms with Gasteiger partial charge in [0.05, 0.1) is 5.69 Å². The summed E-state index contributed by atoms with van der Waals surface area (Å²) >= 11 is 0. The normalized spacial score (nSPS) is 11.2. The van der Waals surface area contributed by atoms with Crippen molar-refractivity contribution in [2.24, 2.45) is 0 Å². The van der Waals surface area contributed by atoms with Gasteiger partial charge in [0.2, 0.25) is 0 Å². The summed E-state index contributed by atoms with van der Waals surface area (Å²) in [5.74, 6) is 0.176. The predicted molar refractivity (Wildman–Crippen MR) is 85.1 cm³/mol. The van der Waals surface area contributed by atoms with E-state index in [-0.39, 0.29) is 5.78 Å². The van der Waals surface area contributed by atoms with Crippen LogP contribution in [0.15, 0.2) is 30.8 Å². The van der Waals surface area contributed by atoms with Crippen molar-refractivity contribution in [1.82, 2.24) is 9.88 Å². The van der Waals surface area contributed by atoms with E-state index in [0.717, 1.165) is 35.9 Å². The Bertz CT molecular complexity index is 610. The summed E-state index contributed by atoms with van der Waals surface area (Å²) in [6.07, 6.45) is 4.32. The summed E-state index contributed by atoms with van der Waals surface area (Å²) in [7, 11) is 4.10. The van der Waals surface area contributed by atoms with Crippen LogP contribution in [0.5, 0.6) is 0 Å². The van der Waals surface area contributed by atoms with Crippen LogP contribution < -0.4 is 0 Å². The summed E-state index contributed by atoms with van der Waals surface area (Å²) in [5.41, 5.74) is 2.63. The lowest BCUT2D eigenvalue weighted by atomic mass is 10.1. The molecule has 0 amide bonds. The zero-order chi connectivity index (χ0) is 14.5. The van der Waals surface area contributed by atoms with Crippen LogP contribution in [-0.2, 0) is 0 Å². The van der Waals surface area contributed by atoms with Crippen LogP contribution in [0, 0.1) is 0 Å². The van der Waals surface area contributed by atoms with E-state index in [0.29, 0.717) is 12.1 Å². The number of fused-ring (bicyclic) bond motifs is 1. The summed E-state index contributed by atoms with van der Waals surface area (Å²) in [5, 5.41) is 1.07. The Morgan fingerprint density at radius 3 is 2.75 bits per heavy atom. The average molecular weight is 270 g/mol. The molecule has 0 saturated carbocycles. The Morgan fingerprint density at radius 2 is 2.05 bits per heavy atom. The number of hydrogen-bond donors (Lipinski definition) is 1. The van der Waals surface area contributed by atoms with Gasteiger partial charge in [-0.1, -0.05) is 30.9 Å². The number of aromatic amines is 1. The third-order valence-electron chi connectivity index (χ3n) is 3.49. The Kier molecular flexibility index (Phi) is 4.74. The molecule has 0 bridgehead atoms. The molecular formula is C17H22N2O. The van der Waals surface area contributed by atoms with Crippen molar-refractivity contribution in [2.45, 2.75) is 19.3 Å². The number of nitrogens with one attached hydrogen (secondary N) is 1. The Labute approximate surface area is 120 Å². The third kappa shape index (κ3) is 3.17. The summed E-state index contributed by atoms with van der Waals surface area (Å²) in [6, 6.07) is 7.96. The molecule has 1 aromatic carbocycles. The molecule has 0 aliphatic heterocycles. The second kappa shape index (κ2) is 6.53. The average Bonchev–Trinajstić information content (AvgIpc) is 2.81. The van der Waals surface area contributed by atoms with Crippen LogP contribution in [0.4, 0.5) is 0 Å². The first-order valence-corrected chi connectivity index (χ1v) is 7.04. The lowest BCUT2D eigenvalue weighted by Gasteiger charge is -2.08. The van der Waals surface area contributed by atoms with Gasteiger partial charge in [0.25, 0.3) is 0 Å². The highest BCUT2D eigenvalue weighted by atomic mass is 16.1. The van der Waals surface area contributed by atoms with E-state index >= 15 is 0 Å². The molecule has 2 rings (SSSR count). The van der Waals surface area contributed by atoms with Gasteiger partial charge in [0, 0.05) is 22.9 Å². The van der Waals surface area contributed by atoms with E-state index in [9.17, 15) is 4.79 Å². The number of hydrogen-bond acceptors (Lipinski definition) is 2. The molecule has 0 unspecified atom stereocenters. The van der Waals surface area contributed by atoms with Gasteiger partial charge in [-0.15, -0.1) is 0 Å². The minimum Gasteiger partial charge on any atom is -0.352 e. The summed E-state index contributed by atoms with van der Waals surface area (Å²) in [4.78, 5) is 17.7. The van der Waals surface area contributed by atoms with Gasteiger partial charge in [0.15, 0.2) is 5.78 Å². The minimum absolute atomic E-state index is 0.176. The molecule has 2 aromatic rings. The van der Waals surface area contributed by atoms with Crippen LogP contribution >= 0.6 is 0 Å². The molecule has 0 atom stereocenters. The van der Waals surface area contributed by atoms with E-state index in [1.54, 1.807) is 6.08 Å². The number of benzene rings is 1. The molecule has 1 aromatic heterocycles. The molecule has 0 saturated heterocycles. The van der Waals surface area contributed by atoms with Crippen molar-refractivity contribution >= 4 is 22.8 Å². The van der Waals surface area contributed by atoms with Gasteiger partial charge in [-0.25, -0.2) is 0 Å². The Morgan fingerprint density at radius 1 is 1.30 bits per heavy atom. The van der Waals surface area contributed by atoms with Gasteiger partial charge >= 0.3 is 0 Å². The van der Waals surface area contributed by atoms with Crippen LogP contribution in [0.3, 0.4) is 0 Å². The van der Waals surface area contributed by atoms with E-state index in [2.05, 4.69) is 30.6 Å². The number of unbranched alkanes of at least 4 members (excludes halogenated alkanes) is 1. The second-order valence-corrected chi connectivity index (χ2v) is 5.35. The number of H-pyrrole nitrogens is 1. The number of aromatic nitrogens is 1. The zero-order valence-electron chi connectivity index (χ0n) is 12.3. The number of Topliss-reactive ketones (excluding diaryl/α,β-unsaturated/α-hetero) is 1. The van der Waals surface area contributed by atoms with Crippen molar-refractivity contribution in [3.63, 3.8) is 0 Å². The molecule has 1 heterocycles. The number of nitrogens with zero attached hydrogens (tertiary/aromatic N) is 1. The third-order valence-corrected chi connectivity index (χ3v) is 3.49. The van der Waals surface area contributed by atoms with Crippen LogP contribution in [0.25, 0.3) is 17.0 Å². The predicted octanol–water partition coefficient (Wildman–Crippen LogP) is 3.73. The number of para-hydroxylation sites is 1. The van der Waals surface area contributed by atoms with Crippen LogP contribution in [0.2, 0.25) is 0 Å². The lowest BCUT2D eigenvalue weighted by Crippen LogP contribution is -2.13. The molecule has 106 valence electrons. The molecule has 0 aliphatic carbocycles. The topological polar surface area (TPSA) is 36.1 Å². The molecule has 3 nitrogen and oxygen atoms in total. The largest absolute Gasteiger partial charge is 0.352 e. The maximum Gasteiger partial charge on any atom is 0.179 e. The maximum atomic E-state index is 12.3. The van der Waals surface area contributed by atoms with Crippen molar-refractivity contribution in [3.05, 3.63) is 42.1 Å². The van der Waals surface area contributed by atoms with Crippen molar-refractivity contribution in [3.8, 4) is 0 Å². The summed E-state index contributed by atoms with van der Waals surface area (Å²) in [6.45, 7) is 4.86. The smallest absolute Gasteiger partial charge is 0.179 e. The Balaban J connectivity index is 2.11. The van der Waals surface area contributed by atoms with Gasteiger partial charge in [-0.3, -0.25) is 4.79 Å². The van der Waals surface area contributed by atoms with Crippen molar-refractivity contribution < 1.29 is 4.79 Å². The highest BCUT2D eigenvalue weighted by Crippen LogP contribution is 2.24. The van der Waals surface area contributed by atoms with E-state index in [1.165, 1.54) is 0 Å². The minimum atomic E-state index is 0.176. The van der Waals surface area contributed by atoms with Gasteiger partial charge in [-0.05, 0) is 39.5 Å². The standard InChI is InChI=1S/C17H22N2O/c1-4-13-14-9-5-6-10-15(14)18-17(13)16(20)11-7-8-12-19(2)3/h4-6,9-10,18H,1,7-8,11-12H2,2-3H3. The molecule has 0 aliphatic rings. The Hall–Kier alpha value is -1.87. The molecular weight excluding hydrogens is 248 g/mol. The quantitative estimate of drug-likeness (QED) is 0.615. The van der Waals surface area contributed by atoms with Gasteiger partial charge < -0.3 is 9.88 Å². The second-order valence-electron chi connectivity index (χ2n) is 5.35. The van der Waals surface area contributed by atoms with E-state index in [1.807, 2.05) is 24.3 Å². The van der Waals surface area contributed by atoms with Gasteiger partial charge in [-0.2, -0.15) is 0 Å². The molecule has 1 N–H and O–H groups in total. The molecule has 3 heteroatoms. The fourth-order valence-electron chi connectivity index (χ4n) is 2.43. The molecule has 0 fully saturated rings. The van der Waals surface area contributed by atoms with Crippen LogP contribution in [-0.4, -0.2) is 36.3 Å². The fourth-order valence-corrected chi connectivity index (χ4v) is 2.43. The number of ketones is 1. The maximum absolute atomic E-state index is 12.3. The SMILES string of the molecule is C=Cc1c(C(=O)CCCCN(C)C)[nH]c2ccccc12. The monoisotopic (exact) mass is 270 g/mol. The first-order chi connectivity index (χ1) is 9.63. The molecule has 0 radical (unpaired) electrons. The molecule has 20 heavy (non-hydrogen) atoms. The summed E-state index contributed by atoms with van der Waals surface area (Å²) < 4.78 is 0. The fraction of sp³-hybridized carbons (Fsp3) is 0.353. The van der Waals surface area contributed by atoms with Crippen molar-refractivity contribution in [1.29, 1.82) is 0 Å². The van der Waals surface area contributed by atoms with E-state index < -0.39 is 0 Å². The zero-order valence-corrected chi connectivity index (χ0v) is 12.3. The first-order valence-electron chi connectivity index (χ1n) is 7.04. The highest BCUT2D eigenvalue weighted by molar-refractivity contribution is 6.05. The highest BCUT2D eigenvalue weighted by Gasteiger charge is 2.14. The number of rotatable bonds is 7. The van der Waals surface area contributed by atoms with Gasteiger partial charge in [0.1, 0.15) is 0 Å². The van der Waals surface area contributed by atoms with Crippen LogP contribution in [0.1, 0.15) is 35.3 Å². The van der Waals surface area contributed by atoms with E-state index in [4.69, 9.17) is 0 Å². The lowest BCUT2D eigenvalue weighted by molar-refractivity contribution is 0.0974. The number of carbonyl (C=O) groups is 1. The first kappa shape index (κ1) is 14.5. The van der Waals surface area contributed by atoms with Crippen molar-refractivity contribution in [2.75, 3.05) is 20.6 Å². The number of carbonyl (C=O) groups excluding carboxylic acids is 1. The molecule has 0 spiro atoms.